The van der Waals surface area contributed by atoms with Gasteiger partial charge in [0.25, 0.3) is 0 Å². The van der Waals surface area contributed by atoms with Crippen molar-refractivity contribution in [2.45, 2.75) is 64.3 Å². The van der Waals surface area contributed by atoms with E-state index in [1.807, 2.05) is 0 Å². The molecule has 114 valence electrons. The first-order chi connectivity index (χ1) is 9.76. The zero-order valence-corrected chi connectivity index (χ0v) is 13.5. The van der Waals surface area contributed by atoms with E-state index in [-0.39, 0.29) is 0 Å². The highest BCUT2D eigenvalue weighted by Crippen LogP contribution is 2.36. The molecule has 0 aliphatic heterocycles. The van der Waals surface area contributed by atoms with Crippen molar-refractivity contribution in [2.24, 2.45) is 5.92 Å². The van der Waals surface area contributed by atoms with Gasteiger partial charge in [-0.05, 0) is 43.8 Å². The number of H-pyrrole nitrogens is 1. The van der Waals surface area contributed by atoms with Crippen LogP contribution in [0.15, 0.2) is 0 Å². The summed E-state index contributed by atoms with van der Waals surface area (Å²) in [6.45, 7) is 3.77. The van der Waals surface area contributed by atoms with Gasteiger partial charge in [-0.1, -0.05) is 26.2 Å². The predicted octanol–water partition coefficient (Wildman–Crippen LogP) is 4.05. The zero-order chi connectivity index (χ0) is 14.4. The molecule has 2 rings (SSSR count). The van der Waals surface area contributed by atoms with E-state index < -0.39 is 0 Å². The Morgan fingerprint density at radius 3 is 2.75 bits per heavy atom. The van der Waals surface area contributed by atoms with Crippen molar-refractivity contribution in [3.05, 3.63) is 10.6 Å². The summed E-state index contributed by atoms with van der Waals surface area (Å²) in [6, 6.07) is 0. The second-order valence-corrected chi connectivity index (χ2v) is 6.28. The van der Waals surface area contributed by atoms with Crippen LogP contribution in [0.2, 0.25) is 0 Å². The molecule has 0 spiro atoms. The molecule has 1 fully saturated rings. The lowest BCUT2D eigenvalue weighted by molar-refractivity contribution is 0.184. The maximum absolute atomic E-state index is 5.33. The van der Waals surface area contributed by atoms with E-state index in [0.717, 1.165) is 23.1 Å². The normalized spacial score (nSPS) is 23.1. The summed E-state index contributed by atoms with van der Waals surface area (Å²) >= 11 is 5.33. The lowest BCUT2D eigenvalue weighted by atomic mass is 9.79. The second kappa shape index (κ2) is 7.93. The molecule has 1 aliphatic carbocycles. The van der Waals surface area contributed by atoms with Gasteiger partial charge in [-0.25, -0.2) is 0 Å². The molecule has 0 amide bonds. The number of nitrogens with one attached hydrogen (secondary N) is 1. The molecular weight excluding hydrogens is 270 g/mol. The lowest BCUT2D eigenvalue weighted by Crippen LogP contribution is -2.18. The highest BCUT2D eigenvalue weighted by molar-refractivity contribution is 7.71. The fraction of sp³-hybridized carbons (Fsp3) is 0.867. The van der Waals surface area contributed by atoms with Crippen molar-refractivity contribution in [3.8, 4) is 0 Å². The van der Waals surface area contributed by atoms with Gasteiger partial charge >= 0.3 is 0 Å². The maximum Gasteiger partial charge on any atom is 0.195 e. The van der Waals surface area contributed by atoms with Crippen LogP contribution in [-0.2, 0) is 11.3 Å². The van der Waals surface area contributed by atoms with Crippen LogP contribution in [0.25, 0.3) is 0 Å². The minimum Gasteiger partial charge on any atom is -0.383 e. The number of nitrogens with zero attached hydrogens (tertiary/aromatic N) is 2. The van der Waals surface area contributed by atoms with E-state index in [9.17, 15) is 0 Å². The average Bonchev–Trinajstić information content (AvgIpc) is 2.84. The van der Waals surface area contributed by atoms with Crippen molar-refractivity contribution in [2.75, 3.05) is 13.7 Å². The first-order valence-corrected chi connectivity index (χ1v) is 8.31. The third-order valence-electron chi connectivity index (χ3n) is 4.48. The van der Waals surface area contributed by atoms with Gasteiger partial charge in [0.15, 0.2) is 4.77 Å². The summed E-state index contributed by atoms with van der Waals surface area (Å²) in [6.07, 6.45) is 9.28. The van der Waals surface area contributed by atoms with Crippen molar-refractivity contribution in [3.63, 3.8) is 0 Å². The van der Waals surface area contributed by atoms with E-state index in [4.69, 9.17) is 17.0 Å². The molecular formula is C15H27N3OS. The zero-order valence-electron chi connectivity index (χ0n) is 12.7. The highest BCUT2D eigenvalue weighted by Gasteiger charge is 2.25. The Balaban J connectivity index is 1.94. The SMILES string of the molecule is CCCCC1CCC(c2n[nH]c(=S)n2CCOC)CC1. The number of hydrogen-bond donors (Lipinski definition) is 1. The van der Waals surface area contributed by atoms with Crippen LogP contribution in [0.4, 0.5) is 0 Å². The minimum absolute atomic E-state index is 0.567. The Labute approximate surface area is 126 Å². The smallest absolute Gasteiger partial charge is 0.195 e. The number of ether oxygens (including phenoxy) is 1. The van der Waals surface area contributed by atoms with Crippen LogP contribution >= 0.6 is 12.2 Å². The second-order valence-electron chi connectivity index (χ2n) is 5.89. The van der Waals surface area contributed by atoms with Crippen LogP contribution in [0.1, 0.15) is 63.6 Å². The third kappa shape index (κ3) is 3.92. The van der Waals surface area contributed by atoms with Gasteiger partial charge in [0.2, 0.25) is 0 Å². The summed E-state index contributed by atoms with van der Waals surface area (Å²) in [4.78, 5) is 0. The molecule has 1 aromatic rings. The van der Waals surface area contributed by atoms with Crippen molar-refractivity contribution < 1.29 is 4.74 Å². The molecule has 0 atom stereocenters. The highest BCUT2D eigenvalue weighted by atomic mass is 32.1. The number of unbranched alkanes of at least 4 members (excludes halogenated alkanes) is 1. The largest absolute Gasteiger partial charge is 0.383 e. The number of rotatable bonds is 7. The van der Waals surface area contributed by atoms with Gasteiger partial charge < -0.3 is 9.30 Å². The number of aromatic amines is 1. The van der Waals surface area contributed by atoms with Gasteiger partial charge in [0.05, 0.1) is 6.61 Å². The molecule has 4 nitrogen and oxygen atoms in total. The molecule has 1 aliphatic rings. The summed E-state index contributed by atoms with van der Waals surface area (Å²) in [5, 5.41) is 7.42. The number of hydrogen-bond acceptors (Lipinski definition) is 3. The summed E-state index contributed by atoms with van der Waals surface area (Å²) < 4.78 is 8.01. The van der Waals surface area contributed by atoms with Crippen LogP contribution in [-0.4, -0.2) is 28.5 Å². The predicted molar refractivity (Wildman–Crippen MR) is 83.5 cm³/mol. The van der Waals surface area contributed by atoms with Gasteiger partial charge in [-0.3, -0.25) is 5.10 Å². The van der Waals surface area contributed by atoms with Crippen LogP contribution in [0, 0.1) is 10.7 Å². The van der Waals surface area contributed by atoms with Crippen molar-refractivity contribution in [1.29, 1.82) is 0 Å². The van der Waals surface area contributed by atoms with Crippen LogP contribution < -0.4 is 0 Å². The topological polar surface area (TPSA) is 42.8 Å². The molecule has 20 heavy (non-hydrogen) atoms. The Kier molecular flexibility index (Phi) is 6.23. The molecule has 1 aromatic heterocycles. The molecule has 0 saturated heterocycles. The Morgan fingerprint density at radius 1 is 1.35 bits per heavy atom. The van der Waals surface area contributed by atoms with Gasteiger partial charge in [0.1, 0.15) is 5.82 Å². The molecule has 1 saturated carbocycles. The maximum atomic E-state index is 5.33. The van der Waals surface area contributed by atoms with Gasteiger partial charge in [-0.2, -0.15) is 5.10 Å². The van der Waals surface area contributed by atoms with E-state index in [0.29, 0.717) is 12.5 Å². The van der Waals surface area contributed by atoms with E-state index >= 15 is 0 Å². The first kappa shape index (κ1) is 15.7. The third-order valence-corrected chi connectivity index (χ3v) is 4.80. The van der Waals surface area contributed by atoms with E-state index in [2.05, 4.69) is 21.7 Å². The molecule has 1 N–H and O–H groups in total. The Hall–Kier alpha value is -0.680. The minimum atomic E-state index is 0.567. The molecule has 0 bridgehead atoms. The van der Waals surface area contributed by atoms with E-state index in [1.54, 1.807) is 7.11 Å². The quantitative estimate of drug-likeness (QED) is 0.772. The summed E-state index contributed by atoms with van der Waals surface area (Å²) in [5.74, 6) is 2.64. The number of methoxy groups -OCH3 is 1. The summed E-state index contributed by atoms with van der Waals surface area (Å²) in [5.41, 5.74) is 0. The molecule has 0 unspecified atom stereocenters. The molecule has 5 heteroatoms. The standard InChI is InChI=1S/C15H27N3OS/c1-3-4-5-12-6-8-13(9-7-12)14-16-17-15(20)18(14)10-11-19-2/h12-13H,3-11H2,1-2H3,(H,17,20). The van der Waals surface area contributed by atoms with Crippen LogP contribution in [0.5, 0.6) is 0 Å². The van der Waals surface area contributed by atoms with Crippen molar-refractivity contribution in [1.82, 2.24) is 14.8 Å². The number of aromatic nitrogens is 3. The monoisotopic (exact) mass is 297 g/mol. The Bertz CT molecular complexity index is 446. The van der Waals surface area contributed by atoms with Crippen LogP contribution in [0.3, 0.4) is 0 Å². The first-order valence-electron chi connectivity index (χ1n) is 7.90. The summed E-state index contributed by atoms with van der Waals surface area (Å²) in [7, 11) is 1.72. The molecule has 1 heterocycles. The van der Waals surface area contributed by atoms with Gasteiger partial charge in [0, 0.05) is 19.6 Å². The molecule has 0 aromatic carbocycles. The van der Waals surface area contributed by atoms with Gasteiger partial charge in [-0.15, -0.1) is 0 Å². The van der Waals surface area contributed by atoms with Crippen molar-refractivity contribution >= 4 is 12.2 Å². The fourth-order valence-corrected chi connectivity index (χ4v) is 3.47. The average molecular weight is 297 g/mol. The molecule has 0 radical (unpaired) electrons. The van der Waals surface area contributed by atoms with E-state index in [1.165, 1.54) is 44.9 Å². The lowest BCUT2D eigenvalue weighted by Gasteiger charge is -2.28. The fourth-order valence-electron chi connectivity index (χ4n) is 3.24. The Morgan fingerprint density at radius 2 is 2.10 bits per heavy atom.